The van der Waals surface area contributed by atoms with Crippen LogP contribution in [0.4, 0.5) is 5.69 Å². The van der Waals surface area contributed by atoms with Crippen LogP contribution in [-0.2, 0) is 13.0 Å². The van der Waals surface area contributed by atoms with E-state index in [4.69, 9.17) is 5.11 Å². The number of carboxylic acid groups (broad SMARTS) is 1. The van der Waals surface area contributed by atoms with Gasteiger partial charge in [-0.1, -0.05) is 12.1 Å². The number of hydrogen-bond donors (Lipinski definition) is 2. The fourth-order valence-electron chi connectivity index (χ4n) is 2.00. The van der Waals surface area contributed by atoms with Crippen molar-refractivity contribution in [3.8, 4) is 0 Å². The van der Waals surface area contributed by atoms with Gasteiger partial charge >= 0.3 is 5.97 Å². The topological polar surface area (TPSA) is 105 Å². The SMILES string of the molecule is O=C(O)c1ccc(CNCCc2ccccn2)c([N+](=O)[O-])c1. The van der Waals surface area contributed by atoms with Crippen LogP contribution in [0.15, 0.2) is 42.6 Å². The van der Waals surface area contributed by atoms with E-state index < -0.39 is 10.9 Å². The molecule has 22 heavy (non-hydrogen) atoms. The number of nitrogens with zero attached hydrogens (tertiary/aromatic N) is 2. The van der Waals surface area contributed by atoms with Gasteiger partial charge in [0.25, 0.3) is 5.69 Å². The first-order valence-corrected chi connectivity index (χ1v) is 6.69. The van der Waals surface area contributed by atoms with Crippen molar-refractivity contribution in [2.24, 2.45) is 0 Å². The Morgan fingerprint density at radius 2 is 2.14 bits per heavy atom. The molecule has 2 N–H and O–H groups in total. The zero-order valence-corrected chi connectivity index (χ0v) is 11.7. The molecule has 7 nitrogen and oxygen atoms in total. The molecule has 2 rings (SSSR count). The standard InChI is InChI=1S/C15H15N3O4/c19-15(20)11-4-5-12(14(9-11)18(21)22)10-16-8-6-13-3-1-2-7-17-13/h1-5,7,9,16H,6,8,10H2,(H,19,20). The third-order valence-electron chi connectivity index (χ3n) is 3.13. The van der Waals surface area contributed by atoms with Crippen LogP contribution in [0.3, 0.4) is 0 Å². The third kappa shape index (κ3) is 4.10. The molecule has 0 atom stereocenters. The number of aromatic carboxylic acids is 1. The summed E-state index contributed by atoms with van der Waals surface area (Å²) >= 11 is 0. The van der Waals surface area contributed by atoms with Crippen molar-refractivity contribution < 1.29 is 14.8 Å². The van der Waals surface area contributed by atoms with E-state index in [0.717, 1.165) is 11.8 Å². The molecule has 2 aromatic rings. The molecule has 0 bridgehead atoms. The van der Waals surface area contributed by atoms with Gasteiger partial charge in [-0.15, -0.1) is 0 Å². The van der Waals surface area contributed by atoms with E-state index in [9.17, 15) is 14.9 Å². The van der Waals surface area contributed by atoms with Crippen LogP contribution < -0.4 is 5.32 Å². The van der Waals surface area contributed by atoms with Crippen LogP contribution in [0, 0.1) is 10.1 Å². The molecule has 7 heteroatoms. The zero-order chi connectivity index (χ0) is 15.9. The Bertz CT molecular complexity index is 674. The first-order chi connectivity index (χ1) is 10.6. The van der Waals surface area contributed by atoms with Crippen LogP contribution in [0.2, 0.25) is 0 Å². The molecule has 1 heterocycles. The minimum Gasteiger partial charge on any atom is -0.478 e. The Kier molecular flexibility index (Phi) is 5.16. The number of pyridine rings is 1. The number of benzene rings is 1. The lowest BCUT2D eigenvalue weighted by Crippen LogP contribution is -2.18. The molecule has 0 aliphatic rings. The van der Waals surface area contributed by atoms with Gasteiger partial charge in [-0.25, -0.2) is 4.79 Å². The maximum Gasteiger partial charge on any atom is 0.335 e. The monoisotopic (exact) mass is 301 g/mol. The highest BCUT2D eigenvalue weighted by Crippen LogP contribution is 2.20. The Morgan fingerprint density at radius 3 is 2.77 bits per heavy atom. The molecule has 0 spiro atoms. The Labute approximate surface area is 126 Å². The number of aromatic nitrogens is 1. The van der Waals surface area contributed by atoms with E-state index in [-0.39, 0.29) is 11.3 Å². The van der Waals surface area contributed by atoms with E-state index in [2.05, 4.69) is 10.3 Å². The highest BCUT2D eigenvalue weighted by Gasteiger charge is 2.16. The number of rotatable bonds is 7. The zero-order valence-electron chi connectivity index (χ0n) is 11.7. The molecule has 0 aliphatic heterocycles. The van der Waals surface area contributed by atoms with Crippen molar-refractivity contribution >= 4 is 11.7 Å². The molecule has 0 unspecified atom stereocenters. The second-order valence-corrected chi connectivity index (χ2v) is 4.65. The molecule has 0 aliphatic carbocycles. The number of carboxylic acids is 1. The number of nitro benzene ring substituents is 1. The lowest BCUT2D eigenvalue weighted by molar-refractivity contribution is -0.385. The fraction of sp³-hybridized carbons (Fsp3) is 0.200. The Hall–Kier alpha value is -2.80. The normalized spacial score (nSPS) is 10.4. The minimum absolute atomic E-state index is 0.0936. The van der Waals surface area contributed by atoms with Crippen molar-refractivity contribution in [2.75, 3.05) is 6.54 Å². The van der Waals surface area contributed by atoms with Gasteiger partial charge in [0.1, 0.15) is 0 Å². The molecule has 114 valence electrons. The summed E-state index contributed by atoms with van der Waals surface area (Å²) in [6, 6.07) is 9.56. The summed E-state index contributed by atoms with van der Waals surface area (Å²) in [5.41, 5.74) is 1.11. The maximum absolute atomic E-state index is 11.0. The number of nitrogens with one attached hydrogen (secondary N) is 1. The lowest BCUT2D eigenvalue weighted by atomic mass is 10.1. The van der Waals surface area contributed by atoms with E-state index in [1.165, 1.54) is 12.1 Å². The maximum atomic E-state index is 11.0. The van der Waals surface area contributed by atoms with Gasteiger partial charge in [0.2, 0.25) is 0 Å². The molecule has 1 aromatic heterocycles. The Balaban J connectivity index is 1.97. The van der Waals surface area contributed by atoms with Gasteiger partial charge in [-0.05, 0) is 18.2 Å². The van der Waals surface area contributed by atoms with Gasteiger partial charge in [0.05, 0.1) is 10.5 Å². The van der Waals surface area contributed by atoms with Gasteiger partial charge in [-0.3, -0.25) is 15.1 Å². The number of carbonyl (C=O) groups is 1. The summed E-state index contributed by atoms with van der Waals surface area (Å²) < 4.78 is 0. The largest absolute Gasteiger partial charge is 0.478 e. The minimum atomic E-state index is -1.18. The predicted molar refractivity (Wildman–Crippen MR) is 79.7 cm³/mol. The van der Waals surface area contributed by atoms with Gasteiger partial charge in [0.15, 0.2) is 0 Å². The molecule has 0 saturated carbocycles. The molecular formula is C15H15N3O4. The third-order valence-corrected chi connectivity index (χ3v) is 3.13. The van der Waals surface area contributed by atoms with E-state index >= 15 is 0 Å². The summed E-state index contributed by atoms with van der Waals surface area (Å²) in [4.78, 5) is 25.5. The van der Waals surface area contributed by atoms with E-state index in [0.29, 0.717) is 25.1 Å². The molecule has 0 saturated heterocycles. The fourth-order valence-corrected chi connectivity index (χ4v) is 2.00. The van der Waals surface area contributed by atoms with Crippen molar-refractivity contribution in [3.05, 3.63) is 69.5 Å². The number of hydrogen-bond acceptors (Lipinski definition) is 5. The van der Waals surface area contributed by atoms with E-state index in [1.54, 1.807) is 6.20 Å². The summed E-state index contributed by atoms with van der Waals surface area (Å²) in [6.07, 6.45) is 2.42. The second-order valence-electron chi connectivity index (χ2n) is 4.65. The average molecular weight is 301 g/mol. The van der Waals surface area contributed by atoms with Crippen molar-refractivity contribution in [3.63, 3.8) is 0 Å². The highest BCUT2D eigenvalue weighted by molar-refractivity contribution is 5.88. The van der Waals surface area contributed by atoms with Crippen LogP contribution in [-0.4, -0.2) is 27.5 Å². The van der Waals surface area contributed by atoms with Crippen LogP contribution in [0.25, 0.3) is 0 Å². The summed E-state index contributed by atoms with van der Waals surface area (Å²) in [5.74, 6) is -1.18. The molecule has 0 fully saturated rings. The average Bonchev–Trinajstić information content (AvgIpc) is 2.52. The van der Waals surface area contributed by atoms with Crippen molar-refractivity contribution in [1.29, 1.82) is 0 Å². The predicted octanol–water partition coefficient (Wildman–Crippen LogP) is 2.02. The molecule has 0 amide bonds. The summed E-state index contributed by atoms with van der Waals surface area (Å²) in [5, 5.41) is 23.0. The highest BCUT2D eigenvalue weighted by atomic mass is 16.6. The second kappa shape index (κ2) is 7.28. The summed E-state index contributed by atoms with van der Waals surface area (Å²) in [6.45, 7) is 0.915. The van der Waals surface area contributed by atoms with Crippen molar-refractivity contribution in [1.82, 2.24) is 10.3 Å². The first kappa shape index (κ1) is 15.6. The van der Waals surface area contributed by atoms with Crippen LogP contribution in [0.1, 0.15) is 21.6 Å². The molecule has 1 aromatic carbocycles. The first-order valence-electron chi connectivity index (χ1n) is 6.69. The molecular weight excluding hydrogens is 286 g/mol. The summed E-state index contributed by atoms with van der Waals surface area (Å²) in [7, 11) is 0. The van der Waals surface area contributed by atoms with E-state index in [1.807, 2.05) is 18.2 Å². The smallest absolute Gasteiger partial charge is 0.335 e. The Morgan fingerprint density at radius 1 is 1.32 bits per heavy atom. The van der Waals surface area contributed by atoms with Gasteiger partial charge in [-0.2, -0.15) is 0 Å². The molecule has 0 radical (unpaired) electrons. The van der Waals surface area contributed by atoms with Gasteiger partial charge in [0, 0.05) is 43.0 Å². The quantitative estimate of drug-likeness (QED) is 0.460. The lowest BCUT2D eigenvalue weighted by Gasteiger charge is -2.06. The van der Waals surface area contributed by atoms with Crippen molar-refractivity contribution in [2.45, 2.75) is 13.0 Å². The number of nitro groups is 1. The van der Waals surface area contributed by atoms with Gasteiger partial charge < -0.3 is 10.4 Å². The van der Waals surface area contributed by atoms with Crippen LogP contribution in [0.5, 0.6) is 0 Å². The van der Waals surface area contributed by atoms with Crippen LogP contribution >= 0.6 is 0 Å².